The summed E-state index contributed by atoms with van der Waals surface area (Å²) >= 11 is 6.27. The Hall–Kier alpha value is -5.90. The van der Waals surface area contributed by atoms with Crippen LogP contribution in [0.15, 0.2) is 84.4 Å². The summed E-state index contributed by atoms with van der Waals surface area (Å²) in [6, 6.07) is 12.2. The van der Waals surface area contributed by atoms with Gasteiger partial charge in [-0.3, -0.25) is 19.1 Å². The second-order valence-corrected chi connectivity index (χ2v) is 12.4. The van der Waals surface area contributed by atoms with Crippen LogP contribution in [0.25, 0.3) is 33.9 Å². The van der Waals surface area contributed by atoms with E-state index in [1.807, 2.05) is 13.0 Å². The number of benzene rings is 1. The van der Waals surface area contributed by atoms with Crippen LogP contribution < -0.4 is 15.6 Å². The zero-order chi connectivity index (χ0) is 35.9. The number of ether oxygens (including phenoxy) is 1. The molecular formula is C34H28ClF3N10O3. The van der Waals surface area contributed by atoms with Crippen molar-refractivity contribution in [2.24, 2.45) is 5.92 Å². The van der Waals surface area contributed by atoms with E-state index in [9.17, 15) is 22.8 Å². The van der Waals surface area contributed by atoms with Gasteiger partial charge in [0.15, 0.2) is 5.69 Å². The highest BCUT2D eigenvalue weighted by molar-refractivity contribution is 6.31. The molecule has 1 aromatic carbocycles. The van der Waals surface area contributed by atoms with Crippen molar-refractivity contribution in [1.29, 1.82) is 0 Å². The predicted octanol–water partition coefficient (Wildman–Crippen LogP) is 6.16. The van der Waals surface area contributed by atoms with Crippen LogP contribution >= 0.6 is 11.6 Å². The van der Waals surface area contributed by atoms with Gasteiger partial charge >= 0.3 is 6.18 Å². The number of nitrogens with one attached hydrogen (secondary N) is 1. The fourth-order valence-corrected chi connectivity index (χ4v) is 6.06. The average Bonchev–Trinajstić information content (AvgIpc) is 3.79. The van der Waals surface area contributed by atoms with E-state index in [4.69, 9.17) is 21.4 Å². The predicted molar refractivity (Wildman–Crippen MR) is 180 cm³/mol. The summed E-state index contributed by atoms with van der Waals surface area (Å²) in [5, 5.41) is 15.0. The number of alkyl halides is 3. The van der Waals surface area contributed by atoms with Crippen LogP contribution in [0, 0.1) is 5.92 Å². The first-order valence-electron chi connectivity index (χ1n) is 15.7. The molecule has 2 atom stereocenters. The first kappa shape index (κ1) is 33.6. The van der Waals surface area contributed by atoms with E-state index in [0.717, 1.165) is 10.9 Å². The van der Waals surface area contributed by atoms with Gasteiger partial charge in [-0.2, -0.15) is 18.3 Å². The van der Waals surface area contributed by atoms with Crippen molar-refractivity contribution >= 4 is 23.2 Å². The van der Waals surface area contributed by atoms with Gasteiger partial charge in [0.05, 0.1) is 60.3 Å². The minimum absolute atomic E-state index is 0.167. The number of pyridine rings is 2. The molecule has 17 heteroatoms. The number of amides is 1. The molecule has 1 amide bonds. The third kappa shape index (κ3) is 6.81. The number of fused-ring (bicyclic) bond motifs is 4. The normalized spacial score (nSPS) is 16.5. The van der Waals surface area contributed by atoms with Gasteiger partial charge < -0.3 is 10.1 Å². The molecular weight excluding hydrogens is 689 g/mol. The number of rotatable bonds is 5. The molecule has 0 fully saturated rings. The maximum atomic E-state index is 13.9. The largest absolute Gasteiger partial charge is 0.481 e. The van der Waals surface area contributed by atoms with E-state index in [2.05, 4.69) is 30.6 Å². The number of carbonyl (C=O) groups is 1. The van der Waals surface area contributed by atoms with Gasteiger partial charge in [0.1, 0.15) is 5.69 Å². The Kier molecular flexibility index (Phi) is 8.85. The lowest BCUT2D eigenvalue weighted by Gasteiger charge is -2.22. The number of aromatic nitrogens is 9. The minimum Gasteiger partial charge on any atom is -0.481 e. The molecule has 0 spiro atoms. The van der Waals surface area contributed by atoms with Crippen molar-refractivity contribution in [2.75, 3.05) is 12.4 Å². The third-order valence-electron chi connectivity index (χ3n) is 8.56. The Bertz CT molecular complexity index is 2320. The van der Waals surface area contributed by atoms with Crippen molar-refractivity contribution < 1.29 is 22.7 Å². The molecule has 0 unspecified atom stereocenters. The molecule has 6 heterocycles. The maximum Gasteiger partial charge on any atom is 0.436 e. The zero-order valence-corrected chi connectivity index (χ0v) is 27.8. The molecule has 1 N–H and O–H groups in total. The molecule has 1 aliphatic rings. The molecule has 0 radical (unpaired) electrons. The first-order chi connectivity index (χ1) is 24.5. The molecule has 13 nitrogen and oxygen atoms in total. The van der Waals surface area contributed by atoms with Gasteiger partial charge in [-0.15, -0.1) is 5.10 Å². The molecule has 6 aromatic rings. The fourth-order valence-electron chi connectivity index (χ4n) is 5.89. The van der Waals surface area contributed by atoms with Crippen molar-refractivity contribution in [2.45, 2.75) is 38.4 Å². The second kappa shape index (κ2) is 13.4. The number of anilines is 1. The van der Waals surface area contributed by atoms with Crippen molar-refractivity contribution in [1.82, 2.24) is 44.3 Å². The van der Waals surface area contributed by atoms with E-state index < -0.39 is 23.5 Å². The maximum absolute atomic E-state index is 13.9. The Labute approximate surface area is 292 Å². The summed E-state index contributed by atoms with van der Waals surface area (Å²) in [6.45, 7) is 1.84. The standard InChI is InChI=1S/C34H28ClF3N10O3/c1-19-4-3-5-28(25-12-20(8-10-39-25)32-26(42-33(19)50)16-47(44-32)22-9-11-40-30(14-22)51-2)46-18-41-24(15-31(46)49)23-13-21(35)6-7-27(23)48-17-29(43-45-48)34(36,37)38/h6-19,28H,3-5H2,1-2H3,(H,42,50)/t19-,28+/m1/s1. The van der Waals surface area contributed by atoms with Crippen LogP contribution in [0.1, 0.15) is 43.6 Å². The topological polar surface area (TPSA) is 148 Å². The Morgan fingerprint density at radius 2 is 1.78 bits per heavy atom. The van der Waals surface area contributed by atoms with E-state index >= 15 is 0 Å². The number of hydrogen-bond donors (Lipinski definition) is 1. The molecule has 2 bridgehead atoms. The highest BCUT2D eigenvalue weighted by atomic mass is 35.5. The molecule has 7 rings (SSSR count). The number of carbonyl (C=O) groups excluding carboxylic acids is 1. The van der Waals surface area contributed by atoms with E-state index in [1.165, 1.54) is 42.3 Å². The lowest BCUT2D eigenvalue weighted by Crippen LogP contribution is -2.27. The SMILES string of the molecule is COc1cc(-n2cc3c(n2)-c2ccnc(c2)[C@@H](n2cnc(-c4cc(Cl)ccc4-n4cc(C(F)(F)F)nn4)cc2=O)CCC[C@@H](C)C(=O)N3)ccn1. The molecule has 5 aromatic heterocycles. The molecule has 0 aliphatic carbocycles. The quantitative estimate of drug-likeness (QED) is 0.221. The van der Waals surface area contributed by atoms with Gasteiger partial charge in [-0.1, -0.05) is 30.2 Å². The highest BCUT2D eigenvalue weighted by Gasteiger charge is 2.35. The van der Waals surface area contributed by atoms with Gasteiger partial charge in [0, 0.05) is 46.6 Å². The van der Waals surface area contributed by atoms with Crippen LogP contribution in [-0.2, 0) is 11.0 Å². The van der Waals surface area contributed by atoms with Crippen molar-refractivity contribution in [3.63, 3.8) is 0 Å². The molecule has 0 saturated carbocycles. The number of halogens is 4. The lowest BCUT2D eigenvalue weighted by atomic mass is 9.97. The highest BCUT2D eigenvalue weighted by Crippen LogP contribution is 2.34. The minimum atomic E-state index is -4.69. The van der Waals surface area contributed by atoms with Gasteiger partial charge in [0.2, 0.25) is 11.8 Å². The van der Waals surface area contributed by atoms with Crippen molar-refractivity contribution in [3.8, 4) is 39.8 Å². The van der Waals surface area contributed by atoms with E-state index in [1.54, 1.807) is 41.5 Å². The number of nitrogens with zero attached hydrogens (tertiary/aromatic N) is 9. The smallest absolute Gasteiger partial charge is 0.436 e. The van der Waals surface area contributed by atoms with E-state index in [0.29, 0.717) is 53.5 Å². The summed E-state index contributed by atoms with van der Waals surface area (Å²) in [5.41, 5.74) is 1.90. The molecule has 0 saturated heterocycles. The molecule has 51 heavy (non-hydrogen) atoms. The van der Waals surface area contributed by atoms with Gasteiger partial charge in [0.25, 0.3) is 5.56 Å². The Morgan fingerprint density at radius 1 is 0.961 bits per heavy atom. The van der Waals surface area contributed by atoms with Gasteiger partial charge in [-0.05, 0) is 49.2 Å². The zero-order valence-electron chi connectivity index (χ0n) is 27.0. The Balaban J connectivity index is 1.29. The number of methoxy groups -OCH3 is 1. The fraction of sp³-hybridized carbons (Fsp3) is 0.235. The van der Waals surface area contributed by atoms with Crippen LogP contribution in [0.2, 0.25) is 5.02 Å². The summed E-state index contributed by atoms with van der Waals surface area (Å²) < 4.78 is 49.2. The molecule has 1 aliphatic heterocycles. The van der Waals surface area contributed by atoms with Crippen LogP contribution in [0.5, 0.6) is 5.88 Å². The van der Waals surface area contributed by atoms with Crippen LogP contribution in [-0.4, -0.2) is 57.3 Å². The summed E-state index contributed by atoms with van der Waals surface area (Å²) in [6.07, 6.45) is 3.92. The Morgan fingerprint density at radius 3 is 2.55 bits per heavy atom. The summed E-state index contributed by atoms with van der Waals surface area (Å²) in [7, 11) is 1.52. The monoisotopic (exact) mass is 716 g/mol. The van der Waals surface area contributed by atoms with Crippen LogP contribution in [0.3, 0.4) is 0 Å². The second-order valence-electron chi connectivity index (χ2n) is 11.9. The summed E-state index contributed by atoms with van der Waals surface area (Å²) in [5.74, 6) is -0.138. The molecule has 260 valence electrons. The van der Waals surface area contributed by atoms with Crippen molar-refractivity contribution in [3.05, 3.63) is 106 Å². The van der Waals surface area contributed by atoms with Crippen LogP contribution in [0.4, 0.5) is 18.9 Å². The first-order valence-corrected chi connectivity index (χ1v) is 16.1. The average molecular weight is 717 g/mol. The number of hydrogen-bond acceptors (Lipinski definition) is 9. The summed E-state index contributed by atoms with van der Waals surface area (Å²) in [4.78, 5) is 40.5. The lowest BCUT2D eigenvalue weighted by molar-refractivity contribution is -0.141. The van der Waals surface area contributed by atoms with Gasteiger partial charge in [-0.25, -0.2) is 19.3 Å². The third-order valence-corrected chi connectivity index (χ3v) is 8.79. The van der Waals surface area contributed by atoms with E-state index in [-0.39, 0.29) is 33.8 Å².